The van der Waals surface area contributed by atoms with Gasteiger partial charge >= 0.3 is 0 Å². The van der Waals surface area contributed by atoms with Crippen molar-refractivity contribution < 1.29 is 9.50 Å². The summed E-state index contributed by atoms with van der Waals surface area (Å²) < 4.78 is 13.6. The van der Waals surface area contributed by atoms with Crippen molar-refractivity contribution in [1.82, 2.24) is 4.98 Å². The van der Waals surface area contributed by atoms with Crippen LogP contribution < -0.4 is 5.32 Å². The van der Waals surface area contributed by atoms with Gasteiger partial charge in [0.1, 0.15) is 17.3 Å². The minimum atomic E-state index is -0.304. The second kappa shape index (κ2) is 5.04. The number of hydrogen-bond acceptors (Lipinski definition) is 3. The third-order valence-corrected chi connectivity index (χ3v) is 2.66. The van der Waals surface area contributed by atoms with Crippen molar-refractivity contribution in [3.05, 3.63) is 53.1 Å². The molecule has 0 atom stereocenters. The van der Waals surface area contributed by atoms with Gasteiger partial charge in [0.25, 0.3) is 0 Å². The zero-order chi connectivity index (χ0) is 13.1. The molecule has 2 rings (SSSR count). The van der Waals surface area contributed by atoms with Gasteiger partial charge in [0, 0.05) is 5.69 Å². The predicted octanol–water partition coefficient (Wildman–Crippen LogP) is 3.16. The molecule has 1 aromatic heterocycles. The number of nitrogens with zero attached hydrogens (tertiary/aromatic N) is 1. The fourth-order valence-corrected chi connectivity index (χ4v) is 1.68. The summed E-state index contributed by atoms with van der Waals surface area (Å²) in [5.41, 5.74) is 2.60. The Balaban J connectivity index is 2.13. The lowest BCUT2D eigenvalue weighted by molar-refractivity contribution is 0.464. The van der Waals surface area contributed by atoms with Crippen molar-refractivity contribution in [3.63, 3.8) is 0 Å². The first-order valence-electron chi connectivity index (χ1n) is 5.72. The van der Waals surface area contributed by atoms with E-state index in [0.29, 0.717) is 11.4 Å². The third kappa shape index (κ3) is 2.77. The molecule has 3 nitrogen and oxygen atoms in total. The van der Waals surface area contributed by atoms with Crippen LogP contribution >= 0.6 is 0 Å². The van der Waals surface area contributed by atoms with Crippen LogP contribution in [-0.4, -0.2) is 10.1 Å². The van der Waals surface area contributed by atoms with Crippen LogP contribution in [0.25, 0.3) is 0 Å². The third-order valence-electron chi connectivity index (χ3n) is 2.66. The highest BCUT2D eigenvalue weighted by Gasteiger charge is 2.05. The molecule has 0 aliphatic rings. The SMILES string of the molecule is Cc1ccc(NCc2nc(C)ccc2O)c(F)c1. The van der Waals surface area contributed by atoms with Gasteiger partial charge in [-0.05, 0) is 43.7 Å². The van der Waals surface area contributed by atoms with Gasteiger partial charge in [-0.25, -0.2) is 4.39 Å². The van der Waals surface area contributed by atoms with Gasteiger partial charge in [-0.2, -0.15) is 0 Å². The first-order valence-corrected chi connectivity index (χ1v) is 5.72. The molecule has 1 aromatic carbocycles. The molecule has 0 saturated heterocycles. The molecule has 0 amide bonds. The van der Waals surface area contributed by atoms with Crippen molar-refractivity contribution in [2.45, 2.75) is 20.4 Å². The summed E-state index contributed by atoms with van der Waals surface area (Å²) in [5, 5.41) is 12.6. The number of halogens is 1. The quantitative estimate of drug-likeness (QED) is 0.874. The van der Waals surface area contributed by atoms with Crippen LogP contribution in [0.5, 0.6) is 5.75 Å². The molecule has 2 N–H and O–H groups in total. The minimum Gasteiger partial charge on any atom is -0.506 e. The molecule has 18 heavy (non-hydrogen) atoms. The summed E-state index contributed by atoms with van der Waals surface area (Å²) in [6.45, 7) is 3.96. The highest BCUT2D eigenvalue weighted by Crippen LogP contribution is 2.19. The highest BCUT2D eigenvalue weighted by atomic mass is 19.1. The molecule has 94 valence electrons. The van der Waals surface area contributed by atoms with Crippen molar-refractivity contribution in [3.8, 4) is 5.75 Å². The fraction of sp³-hybridized carbons (Fsp3) is 0.214. The number of aryl methyl sites for hydroxylation is 2. The molecule has 0 bridgehead atoms. The number of aromatic hydroxyl groups is 1. The number of pyridine rings is 1. The summed E-state index contributed by atoms with van der Waals surface area (Å²) in [7, 11) is 0. The number of nitrogens with one attached hydrogen (secondary N) is 1. The van der Waals surface area contributed by atoms with Gasteiger partial charge in [0.05, 0.1) is 12.2 Å². The molecular formula is C14H15FN2O. The number of hydrogen-bond donors (Lipinski definition) is 2. The lowest BCUT2D eigenvalue weighted by Gasteiger charge is -2.09. The van der Waals surface area contributed by atoms with Gasteiger partial charge in [-0.1, -0.05) is 6.07 Å². The normalized spacial score (nSPS) is 10.4. The largest absolute Gasteiger partial charge is 0.506 e. The van der Waals surface area contributed by atoms with E-state index >= 15 is 0 Å². The summed E-state index contributed by atoms with van der Waals surface area (Å²) in [6.07, 6.45) is 0. The molecular weight excluding hydrogens is 231 g/mol. The maximum Gasteiger partial charge on any atom is 0.146 e. The van der Waals surface area contributed by atoms with E-state index in [0.717, 1.165) is 11.3 Å². The molecule has 2 aromatic rings. The van der Waals surface area contributed by atoms with E-state index < -0.39 is 0 Å². The van der Waals surface area contributed by atoms with E-state index in [2.05, 4.69) is 10.3 Å². The van der Waals surface area contributed by atoms with E-state index in [1.165, 1.54) is 6.07 Å². The smallest absolute Gasteiger partial charge is 0.146 e. The first-order chi connectivity index (χ1) is 8.56. The Labute approximate surface area is 105 Å². The number of benzene rings is 1. The van der Waals surface area contributed by atoms with Crippen LogP contribution in [0.1, 0.15) is 17.0 Å². The molecule has 0 spiro atoms. The second-order valence-corrected chi connectivity index (χ2v) is 4.26. The Morgan fingerprint density at radius 1 is 1.22 bits per heavy atom. The van der Waals surface area contributed by atoms with E-state index in [1.54, 1.807) is 18.2 Å². The summed E-state index contributed by atoms with van der Waals surface area (Å²) in [6, 6.07) is 8.29. The average molecular weight is 246 g/mol. The topological polar surface area (TPSA) is 45.2 Å². The number of aromatic nitrogens is 1. The molecule has 0 aliphatic heterocycles. The molecule has 0 aliphatic carbocycles. The maximum atomic E-state index is 13.6. The monoisotopic (exact) mass is 246 g/mol. The van der Waals surface area contributed by atoms with Crippen LogP contribution in [0, 0.1) is 19.7 Å². The number of anilines is 1. The Bertz CT molecular complexity index is 570. The predicted molar refractivity (Wildman–Crippen MR) is 69.1 cm³/mol. The summed E-state index contributed by atoms with van der Waals surface area (Å²) >= 11 is 0. The van der Waals surface area contributed by atoms with Crippen molar-refractivity contribution in [1.29, 1.82) is 0 Å². The van der Waals surface area contributed by atoms with E-state index in [9.17, 15) is 9.50 Å². The Hall–Kier alpha value is -2.10. The zero-order valence-electron chi connectivity index (χ0n) is 10.4. The van der Waals surface area contributed by atoms with E-state index in [-0.39, 0.29) is 18.1 Å². The van der Waals surface area contributed by atoms with Gasteiger partial charge in [-0.15, -0.1) is 0 Å². The molecule has 4 heteroatoms. The fourth-order valence-electron chi connectivity index (χ4n) is 1.68. The van der Waals surface area contributed by atoms with Crippen molar-refractivity contribution in [2.24, 2.45) is 0 Å². The molecule has 0 saturated carbocycles. The van der Waals surface area contributed by atoms with Crippen LogP contribution in [-0.2, 0) is 6.54 Å². The summed E-state index contributed by atoms with van der Waals surface area (Å²) in [5.74, 6) is -0.192. The standard InChI is InChI=1S/C14H15FN2O/c1-9-3-5-12(11(15)7-9)16-8-13-14(18)6-4-10(2)17-13/h3-7,16,18H,8H2,1-2H3. The lowest BCUT2D eigenvalue weighted by Crippen LogP contribution is -2.04. The minimum absolute atomic E-state index is 0.112. The Morgan fingerprint density at radius 3 is 2.72 bits per heavy atom. The Morgan fingerprint density at radius 2 is 2.00 bits per heavy atom. The molecule has 0 radical (unpaired) electrons. The van der Waals surface area contributed by atoms with E-state index in [1.807, 2.05) is 19.9 Å². The molecule has 1 heterocycles. The summed E-state index contributed by atoms with van der Waals surface area (Å²) in [4.78, 5) is 4.20. The molecule has 0 unspecified atom stereocenters. The Kier molecular flexibility index (Phi) is 3.46. The highest BCUT2D eigenvalue weighted by molar-refractivity contribution is 5.47. The van der Waals surface area contributed by atoms with Gasteiger partial charge in [0.15, 0.2) is 0 Å². The van der Waals surface area contributed by atoms with Gasteiger partial charge < -0.3 is 10.4 Å². The number of rotatable bonds is 3. The van der Waals surface area contributed by atoms with Crippen molar-refractivity contribution in [2.75, 3.05) is 5.32 Å². The van der Waals surface area contributed by atoms with Gasteiger partial charge in [-0.3, -0.25) is 4.98 Å². The second-order valence-electron chi connectivity index (χ2n) is 4.26. The lowest BCUT2D eigenvalue weighted by atomic mass is 10.2. The van der Waals surface area contributed by atoms with E-state index in [4.69, 9.17) is 0 Å². The first kappa shape index (κ1) is 12.4. The van der Waals surface area contributed by atoms with Gasteiger partial charge in [0.2, 0.25) is 0 Å². The van der Waals surface area contributed by atoms with Crippen LogP contribution in [0.4, 0.5) is 10.1 Å². The van der Waals surface area contributed by atoms with Crippen LogP contribution in [0.3, 0.4) is 0 Å². The molecule has 0 fully saturated rings. The van der Waals surface area contributed by atoms with Crippen LogP contribution in [0.15, 0.2) is 30.3 Å². The maximum absolute atomic E-state index is 13.6. The zero-order valence-corrected chi connectivity index (χ0v) is 10.4. The van der Waals surface area contributed by atoms with Crippen LogP contribution in [0.2, 0.25) is 0 Å². The average Bonchev–Trinajstić information content (AvgIpc) is 2.32. The van der Waals surface area contributed by atoms with Crippen molar-refractivity contribution >= 4 is 5.69 Å².